The average molecular weight is 506 g/mol. The van der Waals surface area contributed by atoms with Gasteiger partial charge in [0.2, 0.25) is 0 Å². The highest BCUT2D eigenvalue weighted by Crippen LogP contribution is 2.31. The predicted octanol–water partition coefficient (Wildman–Crippen LogP) is 5.27. The summed E-state index contributed by atoms with van der Waals surface area (Å²) in [6, 6.07) is 10.5. The molecule has 0 unspecified atom stereocenters. The Balaban J connectivity index is 1.66. The number of halogens is 3. The predicted molar refractivity (Wildman–Crippen MR) is 122 cm³/mol. The molecule has 11 heteroatoms. The molecule has 4 amide bonds. The molecule has 166 valence electrons. The van der Waals surface area contributed by atoms with E-state index in [1.807, 2.05) is 0 Å². The number of anilines is 1. The molecule has 0 aliphatic carbocycles. The number of furan rings is 1. The summed E-state index contributed by atoms with van der Waals surface area (Å²) in [5, 5.41) is 11.6. The van der Waals surface area contributed by atoms with Crippen LogP contribution in [-0.2, 0) is 9.59 Å². The van der Waals surface area contributed by atoms with E-state index in [0.29, 0.717) is 11.3 Å². The summed E-state index contributed by atoms with van der Waals surface area (Å²) in [7, 11) is 0. The van der Waals surface area contributed by atoms with Gasteiger partial charge >= 0.3 is 12.0 Å². The van der Waals surface area contributed by atoms with Crippen molar-refractivity contribution in [3.05, 3.63) is 80.5 Å². The molecule has 8 nitrogen and oxygen atoms in total. The van der Waals surface area contributed by atoms with Crippen molar-refractivity contribution in [3.8, 4) is 11.3 Å². The van der Waals surface area contributed by atoms with Crippen molar-refractivity contribution in [2.45, 2.75) is 0 Å². The molecule has 1 aromatic heterocycles. The summed E-state index contributed by atoms with van der Waals surface area (Å²) in [6.07, 6.45) is 1.19. The van der Waals surface area contributed by atoms with Crippen LogP contribution in [-0.4, -0.2) is 28.9 Å². The minimum absolute atomic E-state index is 0.0221. The van der Waals surface area contributed by atoms with Crippen LogP contribution < -0.4 is 10.2 Å². The molecule has 1 aliphatic heterocycles. The number of urea groups is 1. The molecule has 2 N–H and O–H groups in total. The number of imide groups is 2. The van der Waals surface area contributed by atoms with Gasteiger partial charge in [-0.3, -0.25) is 14.9 Å². The van der Waals surface area contributed by atoms with Crippen LogP contribution >= 0.6 is 34.8 Å². The van der Waals surface area contributed by atoms with Crippen LogP contribution in [0.1, 0.15) is 16.1 Å². The van der Waals surface area contributed by atoms with Gasteiger partial charge in [0.05, 0.1) is 26.3 Å². The highest BCUT2D eigenvalue weighted by atomic mass is 35.5. The summed E-state index contributed by atoms with van der Waals surface area (Å²) < 4.78 is 5.67. The fraction of sp³-hybridized carbons (Fsp3) is 0. The Bertz CT molecular complexity index is 1380. The molecule has 2 aromatic carbocycles. The van der Waals surface area contributed by atoms with Crippen LogP contribution in [0.3, 0.4) is 0 Å². The van der Waals surface area contributed by atoms with Gasteiger partial charge in [-0.2, -0.15) is 0 Å². The van der Waals surface area contributed by atoms with Crippen LogP contribution in [0.4, 0.5) is 10.5 Å². The fourth-order valence-corrected chi connectivity index (χ4v) is 3.64. The van der Waals surface area contributed by atoms with E-state index in [-0.39, 0.29) is 37.7 Å². The highest BCUT2D eigenvalue weighted by molar-refractivity contribution is 6.43. The Hall–Kier alpha value is -3.59. The highest BCUT2D eigenvalue weighted by Gasteiger charge is 2.37. The third kappa shape index (κ3) is 4.36. The van der Waals surface area contributed by atoms with Crippen LogP contribution in [0.5, 0.6) is 0 Å². The lowest BCUT2D eigenvalue weighted by Gasteiger charge is -2.26. The molecule has 0 radical (unpaired) electrons. The number of carboxylic acid groups (broad SMARTS) is 1. The van der Waals surface area contributed by atoms with Gasteiger partial charge in [-0.1, -0.05) is 40.9 Å². The maximum Gasteiger partial charge on any atom is 0.337 e. The minimum Gasteiger partial charge on any atom is -0.478 e. The number of nitrogens with zero attached hydrogens (tertiary/aromatic N) is 1. The first-order valence-corrected chi connectivity index (χ1v) is 10.3. The largest absolute Gasteiger partial charge is 0.478 e. The first kappa shape index (κ1) is 22.6. The van der Waals surface area contributed by atoms with Crippen molar-refractivity contribution in [1.29, 1.82) is 0 Å². The van der Waals surface area contributed by atoms with Crippen molar-refractivity contribution in [1.82, 2.24) is 5.32 Å². The number of benzene rings is 2. The van der Waals surface area contributed by atoms with Gasteiger partial charge in [0, 0.05) is 5.56 Å². The van der Waals surface area contributed by atoms with E-state index in [9.17, 15) is 19.2 Å². The van der Waals surface area contributed by atoms with Gasteiger partial charge in [0.25, 0.3) is 11.8 Å². The Morgan fingerprint density at radius 3 is 2.36 bits per heavy atom. The number of carbonyl (C=O) groups is 4. The van der Waals surface area contributed by atoms with Gasteiger partial charge < -0.3 is 9.52 Å². The number of hydrogen-bond acceptors (Lipinski definition) is 5. The van der Waals surface area contributed by atoms with Crippen molar-refractivity contribution in [2.24, 2.45) is 0 Å². The van der Waals surface area contributed by atoms with E-state index in [1.54, 1.807) is 6.07 Å². The second-order valence-corrected chi connectivity index (χ2v) is 7.98. The van der Waals surface area contributed by atoms with E-state index < -0.39 is 23.8 Å². The van der Waals surface area contributed by atoms with Gasteiger partial charge in [-0.15, -0.1) is 0 Å². The fourth-order valence-electron chi connectivity index (χ4n) is 3.09. The number of barbiturate groups is 1. The topological polar surface area (TPSA) is 117 Å². The zero-order valence-electron chi connectivity index (χ0n) is 16.3. The van der Waals surface area contributed by atoms with Gasteiger partial charge in [0.15, 0.2) is 0 Å². The molecule has 0 spiro atoms. The summed E-state index contributed by atoms with van der Waals surface area (Å²) in [6.45, 7) is 0. The van der Waals surface area contributed by atoms with E-state index >= 15 is 0 Å². The van der Waals surface area contributed by atoms with Crippen molar-refractivity contribution in [2.75, 3.05) is 4.90 Å². The van der Waals surface area contributed by atoms with Crippen LogP contribution in [0, 0.1) is 0 Å². The average Bonchev–Trinajstić information content (AvgIpc) is 3.22. The van der Waals surface area contributed by atoms with Crippen molar-refractivity contribution >= 4 is 70.4 Å². The first-order valence-electron chi connectivity index (χ1n) is 9.15. The van der Waals surface area contributed by atoms with Crippen LogP contribution in [0.2, 0.25) is 15.1 Å². The van der Waals surface area contributed by atoms with E-state index in [2.05, 4.69) is 5.32 Å². The number of hydrogen-bond donors (Lipinski definition) is 2. The Kier molecular flexibility index (Phi) is 5.99. The molecule has 33 heavy (non-hydrogen) atoms. The van der Waals surface area contributed by atoms with Crippen LogP contribution in [0.15, 0.2) is 58.5 Å². The molecule has 4 rings (SSSR count). The number of aromatic carboxylic acids is 1. The molecule has 2 heterocycles. The quantitative estimate of drug-likeness (QED) is 0.368. The zero-order chi connectivity index (χ0) is 23.9. The van der Waals surface area contributed by atoms with Gasteiger partial charge in [0.1, 0.15) is 17.1 Å². The second-order valence-electron chi connectivity index (χ2n) is 6.76. The molecular formula is C22H11Cl3N2O6. The molecule has 0 atom stereocenters. The number of carbonyl (C=O) groups excluding carboxylic acids is 3. The maximum absolute atomic E-state index is 13.0. The molecule has 0 saturated carbocycles. The monoisotopic (exact) mass is 504 g/mol. The van der Waals surface area contributed by atoms with Crippen LogP contribution in [0.25, 0.3) is 17.4 Å². The van der Waals surface area contributed by atoms with Crippen molar-refractivity contribution in [3.63, 3.8) is 0 Å². The molecule has 3 aromatic rings. The number of rotatable bonds is 4. The molecule has 1 aliphatic rings. The smallest absolute Gasteiger partial charge is 0.337 e. The Labute approximate surface area is 200 Å². The lowest BCUT2D eigenvalue weighted by atomic mass is 10.1. The summed E-state index contributed by atoms with van der Waals surface area (Å²) >= 11 is 17.9. The third-order valence-corrected chi connectivity index (χ3v) is 5.71. The summed E-state index contributed by atoms with van der Waals surface area (Å²) in [5.74, 6) is -2.48. The van der Waals surface area contributed by atoms with Gasteiger partial charge in [-0.05, 0) is 48.5 Å². The van der Waals surface area contributed by atoms with E-state index in [4.69, 9.17) is 44.3 Å². The molecule has 1 saturated heterocycles. The van der Waals surface area contributed by atoms with E-state index in [0.717, 1.165) is 4.90 Å². The maximum atomic E-state index is 13.0. The standard InChI is InChI=1S/C22H11Cl3N2O6/c23-15-5-2-11(8-17(15)25)27-20(29)14(19(28)26-22(27)32)9-12-3-6-18(33-12)10-1-4-13(21(30)31)16(24)7-10/h1-9H,(H,30,31)(H,26,28,32)/b14-9+. The Morgan fingerprint density at radius 1 is 0.939 bits per heavy atom. The lowest BCUT2D eigenvalue weighted by molar-refractivity contribution is -0.122. The molecular weight excluding hydrogens is 495 g/mol. The SMILES string of the molecule is O=C1NC(=O)N(c2ccc(Cl)c(Cl)c2)C(=O)/C1=C/c1ccc(-c2ccc(C(=O)O)c(Cl)c2)o1. The lowest BCUT2D eigenvalue weighted by Crippen LogP contribution is -2.54. The van der Waals surface area contributed by atoms with Gasteiger partial charge in [-0.25, -0.2) is 14.5 Å². The number of amides is 4. The Morgan fingerprint density at radius 2 is 1.70 bits per heavy atom. The second kappa shape index (κ2) is 8.74. The molecule has 1 fully saturated rings. The van der Waals surface area contributed by atoms with E-state index in [1.165, 1.54) is 48.5 Å². The summed E-state index contributed by atoms with van der Waals surface area (Å²) in [5.41, 5.74) is 0.201. The minimum atomic E-state index is -1.17. The molecule has 0 bridgehead atoms. The number of nitrogens with one attached hydrogen (secondary N) is 1. The number of carboxylic acids is 1. The summed E-state index contributed by atoms with van der Waals surface area (Å²) in [4.78, 5) is 49.5. The van der Waals surface area contributed by atoms with Crippen molar-refractivity contribution < 1.29 is 28.7 Å². The third-order valence-electron chi connectivity index (χ3n) is 4.66. The normalized spacial score (nSPS) is 15.2. The zero-order valence-corrected chi connectivity index (χ0v) is 18.5. The first-order chi connectivity index (χ1) is 15.7.